The van der Waals surface area contributed by atoms with E-state index in [0.717, 1.165) is 0 Å². The Bertz CT molecular complexity index is 634. The summed E-state index contributed by atoms with van der Waals surface area (Å²) >= 11 is 0. The second-order valence-electron chi connectivity index (χ2n) is 6.79. The lowest BCUT2D eigenvalue weighted by Crippen LogP contribution is -2.57. The molecule has 0 aromatic carbocycles. The third kappa shape index (κ3) is 2.76. The van der Waals surface area contributed by atoms with E-state index in [-0.39, 0.29) is 12.8 Å². The van der Waals surface area contributed by atoms with Gasteiger partial charge in [0.15, 0.2) is 5.41 Å². The molecule has 2 aliphatic heterocycles. The molecule has 1 aromatic heterocycles. The van der Waals surface area contributed by atoms with Crippen molar-refractivity contribution in [2.75, 3.05) is 26.2 Å². The van der Waals surface area contributed by atoms with Crippen molar-refractivity contribution in [3.63, 3.8) is 0 Å². The number of carbonyl (C=O) groups is 1. The zero-order chi connectivity index (χ0) is 19.2. The second-order valence-corrected chi connectivity index (χ2v) is 6.79. The number of nitrogens with zero attached hydrogens (tertiary/aromatic N) is 3. The molecule has 0 aliphatic carbocycles. The van der Waals surface area contributed by atoms with E-state index in [4.69, 9.17) is 0 Å². The number of rotatable bonds is 2. The van der Waals surface area contributed by atoms with Gasteiger partial charge in [-0.3, -0.25) is 9.48 Å². The minimum absolute atomic E-state index is 0.245. The van der Waals surface area contributed by atoms with Crippen molar-refractivity contribution in [2.45, 2.75) is 37.2 Å². The Morgan fingerprint density at radius 3 is 2.12 bits per heavy atom. The predicted octanol–water partition coefficient (Wildman–Crippen LogP) is 2.31. The third-order valence-electron chi connectivity index (χ3n) is 5.41. The molecule has 1 amide bonds. The lowest BCUT2D eigenvalue weighted by atomic mass is 9.84. The molecular formula is C15H18F6N4O. The smallest absolute Gasteiger partial charge is 0.339 e. The molecule has 1 N–H and O–H groups in total. The predicted molar refractivity (Wildman–Crippen MR) is 78.0 cm³/mol. The highest BCUT2D eigenvalue weighted by molar-refractivity contribution is 5.85. The van der Waals surface area contributed by atoms with Gasteiger partial charge in [-0.05, 0) is 38.4 Å². The van der Waals surface area contributed by atoms with Gasteiger partial charge in [-0.15, -0.1) is 0 Å². The molecule has 3 heterocycles. The maximum atomic E-state index is 13.3. The van der Waals surface area contributed by atoms with E-state index in [1.54, 1.807) is 6.07 Å². The summed E-state index contributed by atoms with van der Waals surface area (Å²) in [6, 6.07) is 1.57. The van der Waals surface area contributed by atoms with Crippen LogP contribution in [-0.2, 0) is 10.3 Å². The molecule has 0 unspecified atom stereocenters. The van der Waals surface area contributed by atoms with Gasteiger partial charge < -0.3 is 10.2 Å². The standard InChI is InChI=1S/C15H18F6N4O/c16-14(17,18)13(15(19,20)21)4-9-24(10-13)11(26)12(2-6-22-7-3-12)25-8-1-5-23-25/h1,5,8,22H,2-4,6-7,9-10H2. The van der Waals surface area contributed by atoms with E-state index in [9.17, 15) is 31.1 Å². The zero-order valence-corrected chi connectivity index (χ0v) is 13.7. The van der Waals surface area contributed by atoms with Crippen LogP contribution in [0.2, 0.25) is 0 Å². The summed E-state index contributed by atoms with van der Waals surface area (Å²) < 4.78 is 81.0. The molecule has 0 radical (unpaired) electrons. The first-order valence-corrected chi connectivity index (χ1v) is 8.17. The molecule has 0 saturated carbocycles. The summed E-state index contributed by atoms with van der Waals surface area (Å²) in [5, 5.41) is 7.08. The monoisotopic (exact) mass is 384 g/mol. The Balaban J connectivity index is 1.93. The Morgan fingerprint density at radius 2 is 1.65 bits per heavy atom. The first-order valence-electron chi connectivity index (χ1n) is 8.17. The fourth-order valence-electron chi connectivity index (χ4n) is 3.80. The lowest BCUT2D eigenvalue weighted by Gasteiger charge is -2.40. The van der Waals surface area contributed by atoms with Crippen molar-refractivity contribution in [3.8, 4) is 0 Å². The Hall–Kier alpha value is -1.78. The number of carbonyl (C=O) groups excluding carboxylic acids is 1. The maximum Gasteiger partial charge on any atom is 0.404 e. The Kier molecular flexibility index (Phi) is 4.48. The van der Waals surface area contributed by atoms with Crippen molar-refractivity contribution in [1.82, 2.24) is 20.0 Å². The van der Waals surface area contributed by atoms with Crippen LogP contribution in [0.25, 0.3) is 0 Å². The molecule has 26 heavy (non-hydrogen) atoms. The van der Waals surface area contributed by atoms with Crippen LogP contribution < -0.4 is 5.32 Å². The first-order chi connectivity index (χ1) is 12.0. The summed E-state index contributed by atoms with van der Waals surface area (Å²) in [6.45, 7) is -1.16. The molecule has 146 valence electrons. The number of halogens is 6. The average Bonchev–Trinajstić information content (AvgIpc) is 3.24. The summed E-state index contributed by atoms with van der Waals surface area (Å²) in [4.78, 5) is 13.8. The molecule has 0 bridgehead atoms. The number of aromatic nitrogens is 2. The van der Waals surface area contributed by atoms with Gasteiger partial charge in [-0.2, -0.15) is 31.4 Å². The summed E-state index contributed by atoms with van der Waals surface area (Å²) in [5.41, 5.74) is -5.14. The van der Waals surface area contributed by atoms with Crippen molar-refractivity contribution in [1.29, 1.82) is 0 Å². The second kappa shape index (κ2) is 6.14. The van der Waals surface area contributed by atoms with E-state index in [1.807, 2.05) is 0 Å². The summed E-state index contributed by atoms with van der Waals surface area (Å²) in [5.74, 6) is -0.738. The van der Waals surface area contributed by atoms with E-state index in [2.05, 4.69) is 10.4 Å². The number of hydrogen-bond donors (Lipinski definition) is 1. The highest BCUT2D eigenvalue weighted by Crippen LogP contribution is 2.56. The van der Waals surface area contributed by atoms with Crippen LogP contribution in [0, 0.1) is 5.41 Å². The normalized spacial score (nSPS) is 23.2. The van der Waals surface area contributed by atoms with Crippen LogP contribution in [0.15, 0.2) is 18.5 Å². The maximum absolute atomic E-state index is 13.3. The minimum atomic E-state index is -5.48. The molecule has 1 aromatic rings. The van der Waals surface area contributed by atoms with Gasteiger partial charge in [-0.25, -0.2) is 0 Å². The molecular weight excluding hydrogens is 366 g/mol. The van der Waals surface area contributed by atoms with E-state index >= 15 is 0 Å². The molecule has 2 aliphatic rings. The third-order valence-corrected chi connectivity index (χ3v) is 5.41. The van der Waals surface area contributed by atoms with Gasteiger partial charge in [0.1, 0.15) is 5.54 Å². The highest BCUT2D eigenvalue weighted by Gasteiger charge is 2.73. The number of nitrogens with one attached hydrogen (secondary N) is 1. The Labute approximate surface area is 145 Å². The van der Waals surface area contributed by atoms with Crippen molar-refractivity contribution in [3.05, 3.63) is 18.5 Å². The van der Waals surface area contributed by atoms with Crippen molar-refractivity contribution < 1.29 is 31.1 Å². The number of piperidine rings is 1. The quantitative estimate of drug-likeness (QED) is 0.797. The fourth-order valence-corrected chi connectivity index (χ4v) is 3.80. The number of hydrogen-bond acceptors (Lipinski definition) is 3. The molecule has 2 saturated heterocycles. The number of amides is 1. The van der Waals surface area contributed by atoms with Crippen LogP contribution in [0.1, 0.15) is 19.3 Å². The number of likely N-dealkylation sites (tertiary alicyclic amines) is 1. The van der Waals surface area contributed by atoms with Crippen LogP contribution in [0.3, 0.4) is 0 Å². The first kappa shape index (κ1) is 19.0. The van der Waals surface area contributed by atoms with Crippen LogP contribution in [-0.4, -0.2) is 59.1 Å². The molecule has 2 fully saturated rings. The Morgan fingerprint density at radius 1 is 1.04 bits per heavy atom. The molecule has 3 rings (SSSR count). The SMILES string of the molecule is O=C(N1CCC(C(F)(F)F)(C(F)(F)F)C1)C1(n2cccn2)CCNCC1. The number of alkyl halides is 6. The minimum Gasteiger partial charge on any atom is -0.339 e. The van der Waals surface area contributed by atoms with Crippen LogP contribution >= 0.6 is 0 Å². The zero-order valence-electron chi connectivity index (χ0n) is 13.7. The van der Waals surface area contributed by atoms with Gasteiger partial charge >= 0.3 is 12.4 Å². The van der Waals surface area contributed by atoms with Crippen LogP contribution in [0.4, 0.5) is 26.3 Å². The highest BCUT2D eigenvalue weighted by atomic mass is 19.4. The van der Waals surface area contributed by atoms with Crippen molar-refractivity contribution >= 4 is 5.91 Å². The fraction of sp³-hybridized carbons (Fsp3) is 0.733. The van der Waals surface area contributed by atoms with Gasteiger partial charge in [0.2, 0.25) is 0 Å². The topological polar surface area (TPSA) is 50.2 Å². The van der Waals surface area contributed by atoms with Crippen LogP contribution in [0.5, 0.6) is 0 Å². The van der Waals surface area contributed by atoms with E-state index in [0.29, 0.717) is 18.0 Å². The summed E-state index contributed by atoms with van der Waals surface area (Å²) in [7, 11) is 0. The molecule has 0 spiro atoms. The van der Waals surface area contributed by atoms with E-state index < -0.39 is 48.7 Å². The molecule has 11 heteroatoms. The van der Waals surface area contributed by atoms with Gasteiger partial charge in [0, 0.05) is 25.5 Å². The summed E-state index contributed by atoms with van der Waals surface area (Å²) in [6.07, 6.45) is -8.71. The molecule has 0 atom stereocenters. The molecule has 5 nitrogen and oxygen atoms in total. The lowest BCUT2D eigenvalue weighted by molar-refractivity contribution is -0.335. The van der Waals surface area contributed by atoms with Gasteiger partial charge in [0.25, 0.3) is 5.91 Å². The van der Waals surface area contributed by atoms with Crippen molar-refractivity contribution in [2.24, 2.45) is 5.41 Å². The van der Waals surface area contributed by atoms with E-state index in [1.165, 1.54) is 17.1 Å². The largest absolute Gasteiger partial charge is 0.404 e. The van der Waals surface area contributed by atoms with Gasteiger partial charge in [-0.1, -0.05) is 0 Å². The average molecular weight is 384 g/mol. The van der Waals surface area contributed by atoms with Gasteiger partial charge in [0.05, 0.1) is 0 Å².